The Bertz CT molecular complexity index is 995. The fourth-order valence-corrected chi connectivity index (χ4v) is 5.40. The van der Waals surface area contributed by atoms with Crippen LogP contribution >= 0.6 is 0 Å². The summed E-state index contributed by atoms with van der Waals surface area (Å²) in [5.41, 5.74) is 1.04. The quantitative estimate of drug-likeness (QED) is 0.527. The highest BCUT2D eigenvalue weighted by Crippen LogP contribution is 2.29. The topological polar surface area (TPSA) is 84.9 Å². The van der Waals surface area contributed by atoms with E-state index < -0.39 is 9.84 Å². The molecule has 2 saturated heterocycles. The van der Waals surface area contributed by atoms with Crippen LogP contribution in [0, 0.1) is 0 Å². The number of rotatable bonds is 9. The third-order valence-corrected chi connectivity index (χ3v) is 7.63. The van der Waals surface area contributed by atoms with Crippen LogP contribution in [0.1, 0.15) is 30.7 Å². The van der Waals surface area contributed by atoms with Gasteiger partial charge in [0.1, 0.15) is 11.6 Å². The Hall–Kier alpha value is -2.39. The number of aromatic nitrogens is 2. The van der Waals surface area contributed by atoms with Gasteiger partial charge in [-0.05, 0) is 56.1 Å². The molecule has 0 saturated carbocycles. The second-order valence-electron chi connectivity index (χ2n) is 8.38. The van der Waals surface area contributed by atoms with Gasteiger partial charge < -0.3 is 19.3 Å². The highest BCUT2D eigenvalue weighted by molar-refractivity contribution is 7.91. The molecule has 0 bridgehead atoms. The van der Waals surface area contributed by atoms with Crippen molar-refractivity contribution in [1.82, 2.24) is 14.9 Å². The molecule has 0 unspecified atom stereocenters. The largest absolute Gasteiger partial charge is 0.493 e. The minimum absolute atomic E-state index is 0.170. The smallest absolute Gasteiger partial charge is 0.161 e. The summed E-state index contributed by atoms with van der Waals surface area (Å²) in [4.78, 5) is 13.6. The Morgan fingerprint density at radius 1 is 1.03 bits per heavy atom. The van der Waals surface area contributed by atoms with Crippen LogP contribution in [0.4, 0.5) is 5.82 Å². The molecule has 1 aromatic carbocycles. The van der Waals surface area contributed by atoms with E-state index in [0.717, 1.165) is 35.8 Å². The molecular weight excluding hydrogens is 428 g/mol. The summed E-state index contributed by atoms with van der Waals surface area (Å²) in [6, 6.07) is 7.76. The second kappa shape index (κ2) is 10.5. The maximum Gasteiger partial charge on any atom is 0.161 e. The third-order valence-electron chi connectivity index (χ3n) is 6.02. The molecule has 2 aliphatic rings. The van der Waals surface area contributed by atoms with E-state index in [1.165, 1.54) is 25.9 Å². The van der Waals surface area contributed by atoms with Crippen LogP contribution in [0.15, 0.2) is 30.5 Å². The normalized spacial score (nSPS) is 18.6. The molecule has 8 nitrogen and oxygen atoms in total. The second-order valence-corrected chi connectivity index (χ2v) is 10.7. The minimum Gasteiger partial charge on any atom is -0.493 e. The van der Waals surface area contributed by atoms with Gasteiger partial charge in [-0.1, -0.05) is 6.07 Å². The van der Waals surface area contributed by atoms with Gasteiger partial charge in [0.25, 0.3) is 0 Å². The summed E-state index contributed by atoms with van der Waals surface area (Å²) < 4.78 is 34.9. The predicted molar refractivity (Wildman–Crippen MR) is 124 cm³/mol. The van der Waals surface area contributed by atoms with E-state index in [-0.39, 0.29) is 11.5 Å². The van der Waals surface area contributed by atoms with Crippen molar-refractivity contribution in [1.29, 1.82) is 0 Å². The molecule has 2 fully saturated rings. The van der Waals surface area contributed by atoms with Crippen LogP contribution in [-0.2, 0) is 16.3 Å². The van der Waals surface area contributed by atoms with Crippen molar-refractivity contribution in [3.05, 3.63) is 41.9 Å². The summed E-state index contributed by atoms with van der Waals surface area (Å²) in [7, 11) is -1.27. The maximum atomic E-state index is 11.7. The van der Waals surface area contributed by atoms with E-state index in [0.29, 0.717) is 31.9 Å². The molecule has 2 aromatic rings. The molecule has 0 radical (unpaired) electrons. The number of sulfone groups is 1. The molecule has 1 aromatic heterocycles. The first-order valence-electron chi connectivity index (χ1n) is 11.3. The van der Waals surface area contributed by atoms with Crippen LogP contribution in [-0.4, -0.2) is 81.2 Å². The van der Waals surface area contributed by atoms with Gasteiger partial charge in [-0.15, -0.1) is 0 Å². The van der Waals surface area contributed by atoms with Crippen LogP contribution in [0.25, 0.3) is 0 Å². The lowest BCUT2D eigenvalue weighted by atomic mass is 10.1. The maximum absolute atomic E-state index is 11.7. The molecule has 0 spiro atoms. The van der Waals surface area contributed by atoms with Crippen molar-refractivity contribution in [3.63, 3.8) is 0 Å². The molecule has 0 amide bonds. The van der Waals surface area contributed by atoms with Crippen molar-refractivity contribution in [2.24, 2.45) is 0 Å². The van der Waals surface area contributed by atoms with Crippen molar-refractivity contribution in [2.45, 2.75) is 25.7 Å². The molecule has 32 heavy (non-hydrogen) atoms. The average Bonchev–Trinajstić information content (AvgIpc) is 3.31. The van der Waals surface area contributed by atoms with Gasteiger partial charge in [0.05, 0.1) is 25.2 Å². The van der Waals surface area contributed by atoms with Gasteiger partial charge in [-0.2, -0.15) is 0 Å². The lowest BCUT2D eigenvalue weighted by Gasteiger charge is -2.27. The monoisotopic (exact) mass is 460 g/mol. The molecule has 0 aliphatic carbocycles. The Morgan fingerprint density at radius 2 is 1.81 bits per heavy atom. The molecule has 0 atom stereocenters. The van der Waals surface area contributed by atoms with E-state index in [1.54, 1.807) is 13.3 Å². The number of hydrogen-bond acceptors (Lipinski definition) is 8. The number of methoxy groups -OCH3 is 1. The minimum atomic E-state index is -2.92. The third kappa shape index (κ3) is 6.10. The van der Waals surface area contributed by atoms with Crippen molar-refractivity contribution >= 4 is 15.7 Å². The molecule has 2 aliphatic heterocycles. The number of anilines is 1. The van der Waals surface area contributed by atoms with Crippen LogP contribution in [0.5, 0.6) is 11.5 Å². The zero-order valence-corrected chi connectivity index (χ0v) is 19.5. The van der Waals surface area contributed by atoms with Crippen LogP contribution < -0.4 is 14.4 Å². The standard InChI is InChI=1S/C23H32N4O4S/c1-30-20-6-5-19(17-21(20)31-14-4-11-26-9-2-3-10-26)18-22-24-8-7-23(25-22)27-12-15-32(28,29)16-13-27/h5-8,17H,2-4,9-16,18H2,1H3. The Labute approximate surface area is 190 Å². The van der Waals surface area contributed by atoms with Gasteiger partial charge in [-0.25, -0.2) is 18.4 Å². The number of ether oxygens (including phenoxy) is 2. The highest BCUT2D eigenvalue weighted by Gasteiger charge is 2.22. The van der Waals surface area contributed by atoms with E-state index in [4.69, 9.17) is 9.47 Å². The molecule has 9 heteroatoms. The summed E-state index contributed by atoms with van der Waals surface area (Å²) in [5, 5.41) is 0. The first-order valence-corrected chi connectivity index (χ1v) is 13.1. The first kappa shape index (κ1) is 22.8. The van der Waals surface area contributed by atoms with Crippen molar-refractivity contribution < 1.29 is 17.9 Å². The number of likely N-dealkylation sites (tertiary alicyclic amines) is 1. The Morgan fingerprint density at radius 3 is 2.56 bits per heavy atom. The number of benzene rings is 1. The number of nitrogens with zero attached hydrogens (tertiary/aromatic N) is 4. The van der Waals surface area contributed by atoms with Crippen molar-refractivity contribution in [3.8, 4) is 11.5 Å². The zero-order valence-electron chi connectivity index (χ0n) is 18.7. The van der Waals surface area contributed by atoms with Crippen LogP contribution in [0.2, 0.25) is 0 Å². The molecular formula is C23H32N4O4S. The van der Waals surface area contributed by atoms with Gasteiger partial charge in [-0.3, -0.25) is 0 Å². The highest BCUT2D eigenvalue weighted by atomic mass is 32.2. The summed E-state index contributed by atoms with van der Waals surface area (Å²) in [6.07, 6.45) is 5.89. The van der Waals surface area contributed by atoms with Gasteiger partial charge >= 0.3 is 0 Å². The van der Waals surface area contributed by atoms with Crippen molar-refractivity contribution in [2.75, 3.05) is 62.8 Å². The molecule has 3 heterocycles. The van der Waals surface area contributed by atoms with E-state index in [9.17, 15) is 8.42 Å². The Kier molecular flexibility index (Phi) is 7.47. The van der Waals surface area contributed by atoms with Gasteiger partial charge in [0.15, 0.2) is 21.3 Å². The summed E-state index contributed by atoms with van der Waals surface area (Å²) in [5.74, 6) is 3.27. The number of hydrogen-bond donors (Lipinski definition) is 0. The van der Waals surface area contributed by atoms with Gasteiger partial charge in [0.2, 0.25) is 0 Å². The fraction of sp³-hybridized carbons (Fsp3) is 0.565. The summed E-state index contributed by atoms with van der Waals surface area (Å²) >= 11 is 0. The van der Waals surface area contributed by atoms with E-state index in [1.807, 2.05) is 29.2 Å². The fourth-order valence-electron chi connectivity index (χ4n) is 4.19. The lowest BCUT2D eigenvalue weighted by Crippen LogP contribution is -2.40. The van der Waals surface area contributed by atoms with E-state index >= 15 is 0 Å². The first-order chi connectivity index (χ1) is 15.5. The molecule has 0 N–H and O–H groups in total. The average molecular weight is 461 g/mol. The molecule has 174 valence electrons. The Balaban J connectivity index is 1.37. The SMILES string of the molecule is COc1ccc(Cc2nccc(N3CCS(=O)(=O)CC3)n2)cc1OCCCN1CCCC1. The summed E-state index contributed by atoms with van der Waals surface area (Å²) in [6.45, 7) is 5.06. The zero-order chi connectivity index (χ0) is 22.4. The lowest BCUT2D eigenvalue weighted by molar-refractivity contribution is 0.254. The molecule has 4 rings (SSSR count). The van der Waals surface area contributed by atoms with Gasteiger partial charge in [0, 0.05) is 32.3 Å². The van der Waals surface area contributed by atoms with E-state index in [2.05, 4.69) is 14.9 Å². The predicted octanol–water partition coefficient (Wildman–Crippen LogP) is 2.18. The van der Waals surface area contributed by atoms with Crippen LogP contribution in [0.3, 0.4) is 0 Å².